The Balaban J connectivity index is 1.04. The first kappa shape index (κ1) is 38.9. The molecule has 2 fully saturated rings. The van der Waals surface area contributed by atoms with Crippen LogP contribution in [-0.2, 0) is 4.57 Å². The van der Waals surface area contributed by atoms with Crippen LogP contribution in [0, 0.1) is 0 Å². The molecular weight excluding hydrogens is 712 g/mol. The van der Waals surface area contributed by atoms with E-state index in [0.717, 1.165) is 31.4 Å². The molecule has 0 aliphatic carbocycles. The molecule has 11 nitrogen and oxygen atoms in total. The zero-order valence-corrected chi connectivity index (χ0v) is 33.5. The first-order valence-electron chi connectivity index (χ1n) is 19.0. The molecule has 13 heteroatoms. The van der Waals surface area contributed by atoms with E-state index in [0.29, 0.717) is 104 Å². The minimum Gasteiger partial charge on any atom is -0.493 e. The molecule has 0 spiro atoms. The fourth-order valence-electron chi connectivity index (χ4n) is 7.88. The number of carbonyl (C=O) groups is 2. The average molecular weight is 767 g/mol. The predicted molar refractivity (Wildman–Crippen MR) is 215 cm³/mol. The number of anilines is 2. The van der Waals surface area contributed by atoms with Gasteiger partial charge in [0.1, 0.15) is 0 Å². The van der Waals surface area contributed by atoms with E-state index in [4.69, 9.17) is 31.6 Å². The van der Waals surface area contributed by atoms with Crippen LogP contribution < -0.4 is 29.6 Å². The Bertz CT molecular complexity index is 1800. The summed E-state index contributed by atoms with van der Waals surface area (Å²) in [5, 5.41) is 6.67. The van der Waals surface area contributed by atoms with Crippen molar-refractivity contribution < 1.29 is 33.1 Å². The largest absolute Gasteiger partial charge is 0.493 e. The molecule has 0 saturated carbocycles. The maximum Gasteiger partial charge on any atom is 0.256 e. The van der Waals surface area contributed by atoms with Crippen LogP contribution >= 0.6 is 19.8 Å². The Hall–Kier alpha value is -3.76. The molecule has 2 aromatic carbocycles. The lowest BCUT2D eigenvalue weighted by molar-refractivity contribution is 0.0742. The smallest absolute Gasteiger partial charge is 0.256 e. The highest BCUT2D eigenvalue weighted by atomic mass is 32.1. The third-order valence-corrected chi connectivity index (χ3v) is 14.9. The van der Waals surface area contributed by atoms with E-state index in [1.54, 1.807) is 26.4 Å². The predicted octanol–water partition coefficient (Wildman–Crippen LogP) is 7.53. The summed E-state index contributed by atoms with van der Waals surface area (Å²) in [7, 11) is 0.658. The number of hydrogen-bond donors (Lipinski definition) is 3. The van der Waals surface area contributed by atoms with Crippen molar-refractivity contribution in [2.24, 2.45) is 0 Å². The number of nitrogens with zero attached hydrogens (tertiary/aromatic N) is 2. The monoisotopic (exact) mass is 766 g/mol. The maximum absolute atomic E-state index is 14.2. The van der Waals surface area contributed by atoms with Crippen molar-refractivity contribution in [1.29, 1.82) is 0 Å². The second-order valence-electron chi connectivity index (χ2n) is 14.4. The molecule has 4 aliphatic heterocycles. The minimum atomic E-state index is -2.49. The molecule has 2 amide bonds. The zero-order valence-electron chi connectivity index (χ0n) is 31.7. The van der Waals surface area contributed by atoms with E-state index in [1.165, 1.54) is 11.1 Å². The fourth-order valence-corrected chi connectivity index (χ4v) is 11.3. The second kappa shape index (κ2) is 17.1. The first-order chi connectivity index (χ1) is 25.6. The van der Waals surface area contributed by atoms with E-state index < -0.39 is 7.14 Å². The summed E-state index contributed by atoms with van der Waals surface area (Å²) in [6.07, 6.45) is 10.8. The van der Waals surface area contributed by atoms with Crippen molar-refractivity contribution in [3.05, 3.63) is 58.7 Å². The van der Waals surface area contributed by atoms with Crippen molar-refractivity contribution >= 4 is 43.0 Å². The number of carbonyl (C=O) groups excluding carboxylic acids is 2. The van der Waals surface area contributed by atoms with Gasteiger partial charge in [-0.25, -0.2) is 0 Å². The van der Waals surface area contributed by atoms with Gasteiger partial charge in [0.05, 0.1) is 74.5 Å². The summed E-state index contributed by atoms with van der Waals surface area (Å²) in [5.41, 5.74) is 5.06. The Kier molecular flexibility index (Phi) is 12.6. The van der Waals surface area contributed by atoms with Crippen LogP contribution in [0.5, 0.6) is 23.0 Å². The second-order valence-corrected chi connectivity index (χ2v) is 18.5. The summed E-state index contributed by atoms with van der Waals surface area (Å²) >= 11 is 4.82. The molecule has 288 valence electrons. The van der Waals surface area contributed by atoms with Gasteiger partial charge in [0.25, 0.3) is 11.8 Å². The molecule has 2 unspecified atom stereocenters. The molecule has 4 aliphatic rings. The molecule has 4 heterocycles. The lowest BCUT2D eigenvalue weighted by Gasteiger charge is -2.25. The van der Waals surface area contributed by atoms with Gasteiger partial charge in [-0.2, -0.15) is 12.6 Å². The van der Waals surface area contributed by atoms with Gasteiger partial charge in [0.15, 0.2) is 23.0 Å². The SMILES string of the molecule is C/C=C1\C[C@H]2CNc3cc(OCCCP(=O)(CCCC)CCCOc4cc5c(cc4OC)C(=O)N4C/C(=C/C)C[C@H]4C(S)N5)c(OC)cc3C(=O)N2C1. The number of nitrogens with one attached hydrogen (secondary N) is 2. The quantitative estimate of drug-likeness (QED) is 0.0732. The minimum absolute atomic E-state index is 0.000243. The Labute approximate surface area is 319 Å². The molecule has 2 saturated heterocycles. The van der Waals surface area contributed by atoms with Crippen molar-refractivity contribution in [3.8, 4) is 23.0 Å². The van der Waals surface area contributed by atoms with Crippen LogP contribution in [0.1, 0.15) is 80.0 Å². The van der Waals surface area contributed by atoms with Gasteiger partial charge in [0, 0.05) is 50.3 Å². The highest BCUT2D eigenvalue weighted by Gasteiger charge is 2.40. The molecule has 2 N–H and O–H groups in total. The highest BCUT2D eigenvalue weighted by Crippen LogP contribution is 2.48. The molecule has 0 aromatic heterocycles. The number of fused-ring (bicyclic) bond motifs is 4. The molecule has 2 aromatic rings. The summed E-state index contributed by atoms with van der Waals surface area (Å²) in [6.45, 7) is 8.83. The van der Waals surface area contributed by atoms with Crippen molar-refractivity contribution in [2.45, 2.75) is 76.8 Å². The standard InChI is InChI=1S/C40H55N4O7PS/c1-6-9-14-52(47,15-10-12-50-36-21-31-29(19-34(36)48-4)39(45)43-24-26(7-2)17-28(43)23-41-31)16-11-13-51-37-22-32-30(20-35(37)49-5)40(46)44-25-27(8-3)18-33(44)38(53)42-32/h7-8,19-22,28,33,38,41-42,53H,6,9-18,23-25H2,1-5H3/b26-7+,27-8+/t28-,33-,38?,52?/m0/s1. The van der Waals surface area contributed by atoms with E-state index >= 15 is 0 Å². The lowest BCUT2D eigenvalue weighted by Crippen LogP contribution is -2.40. The zero-order chi connectivity index (χ0) is 37.7. The number of methoxy groups -OCH3 is 2. The fraction of sp³-hybridized carbons (Fsp3) is 0.550. The lowest BCUT2D eigenvalue weighted by atomic mass is 10.1. The number of thiol groups is 1. The number of benzene rings is 2. The van der Waals surface area contributed by atoms with Crippen molar-refractivity contribution in [3.63, 3.8) is 0 Å². The van der Waals surface area contributed by atoms with E-state index in [-0.39, 0.29) is 29.3 Å². The molecular formula is C40H55N4O7PS. The van der Waals surface area contributed by atoms with Gasteiger partial charge in [-0.05, 0) is 58.1 Å². The third-order valence-electron chi connectivity index (χ3n) is 11.0. The molecule has 6 rings (SSSR count). The van der Waals surface area contributed by atoms with Crippen LogP contribution in [0.4, 0.5) is 11.4 Å². The third kappa shape index (κ3) is 8.49. The summed E-state index contributed by atoms with van der Waals surface area (Å²) in [6, 6.07) is 7.29. The van der Waals surface area contributed by atoms with E-state index in [9.17, 15) is 14.2 Å². The average Bonchev–Trinajstić information content (AvgIpc) is 3.76. The number of amides is 2. The van der Waals surface area contributed by atoms with Crippen LogP contribution in [0.25, 0.3) is 0 Å². The molecule has 0 bridgehead atoms. The van der Waals surface area contributed by atoms with Crippen molar-refractivity contribution in [1.82, 2.24) is 9.80 Å². The highest BCUT2D eigenvalue weighted by molar-refractivity contribution is 7.81. The summed E-state index contributed by atoms with van der Waals surface area (Å²) < 4.78 is 38.0. The number of ether oxygens (including phenoxy) is 4. The van der Waals surface area contributed by atoms with Crippen LogP contribution in [-0.4, -0.2) is 105 Å². The van der Waals surface area contributed by atoms with Gasteiger partial charge in [-0.15, -0.1) is 0 Å². The number of hydrogen-bond acceptors (Lipinski definition) is 10. The van der Waals surface area contributed by atoms with Crippen LogP contribution in [0.3, 0.4) is 0 Å². The Morgan fingerprint density at radius 2 is 1.34 bits per heavy atom. The Morgan fingerprint density at radius 3 is 1.94 bits per heavy atom. The number of rotatable bonds is 15. The van der Waals surface area contributed by atoms with E-state index in [2.05, 4.69) is 29.7 Å². The molecule has 4 atom stereocenters. The van der Waals surface area contributed by atoms with Gasteiger partial charge in [-0.1, -0.05) is 36.6 Å². The van der Waals surface area contributed by atoms with Gasteiger partial charge >= 0.3 is 0 Å². The van der Waals surface area contributed by atoms with Crippen LogP contribution in [0.15, 0.2) is 47.6 Å². The maximum atomic E-state index is 14.2. The Morgan fingerprint density at radius 1 is 0.792 bits per heavy atom. The molecule has 53 heavy (non-hydrogen) atoms. The number of unbranched alkanes of at least 4 members (excludes halogenated alkanes) is 1. The normalized spacial score (nSPS) is 23.2. The van der Waals surface area contributed by atoms with E-state index in [1.807, 2.05) is 35.8 Å². The summed E-state index contributed by atoms with van der Waals surface area (Å²) in [5.74, 6) is 2.05. The summed E-state index contributed by atoms with van der Waals surface area (Å²) in [4.78, 5) is 30.9. The number of allylic oxidation sites excluding steroid dienone is 2. The van der Waals surface area contributed by atoms with Crippen molar-refractivity contribution in [2.75, 3.05) is 76.2 Å². The topological polar surface area (TPSA) is 119 Å². The first-order valence-corrected chi connectivity index (χ1v) is 21.7. The van der Waals surface area contributed by atoms with Gasteiger partial charge < -0.3 is 43.9 Å². The van der Waals surface area contributed by atoms with Crippen LogP contribution in [0.2, 0.25) is 0 Å². The molecule has 0 radical (unpaired) electrons. The van der Waals surface area contributed by atoms with Gasteiger partial charge in [-0.3, -0.25) is 9.59 Å². The van der Waals surface area contributed by atoms with Gasteiger partial charge in [0.2, 0.25) is 0 Å².